The van der Waals surface area contributed by atoms with Gasteiger partial charge in [0.05, 0.1) is 22.4 Å². The lowest BCUT2D eigenvalue weighted by molar-refractivity contribution is 1.09. The van der Waals surface area contributed by atoms with Gasteiger partial charge in [-0.2, -0.15) is 11.8 Å². The van der Waals surface area contributed by atoms with Crippen LogP contribution >= 0.6 is 11.8 Å². The molecule has 0 atom stereocenters. The first-order valence-electron chi connectivity index (χ1n) is 7.34. The van der Waals surface area contributed by atoms with Gasteiger partial charge in [-0.15, -0.1) is 0 Å². The Hall–Kier alpha value is -2.13. The lowest BCUT2D eigenvalue weighted by Crippen LogP contribution is -1.97. The van der Waals surface area contributed by atoms with Gasteiger partial charge >= 0.3 is 0 Å². The summed E-state index contributed by atoms with van der Waals surface area (Å²) < 4.78 is 0. The second kappa shape index (κ2) is 7.23. The molecule has 3 heteroatoms. The molecule has 2 aromatic carbocycles. The number of rotatable bonds is 5. The summed E-state index contributed by atoms with van der Waals surface area (Å²) in [6, 6.07) is 18.4. The van der Waals surface area contributed by atoms with Crippen molar-refractivity contribution in [1.29, 1.82) is 0 Å². The Morgan fingerprint density at radius 1 is 0.909 bits per heavy atom. The van der Waals surface area contributed by atoms with Crippen LogP contribution in [0.4, 0.5) is 0 Å². The SMILES string of the molecule is Cc1nc2ccccc2nc1CSC/C=C/c1ccccc1. The molecule has 0 aliphatic rings. The molecule has 1 heterocycles. The molecule has 0 bridgehead atoms. The largest absolute Gasteiger partial charge is 0.250 e. The zero-order valence-electron chi connectivity index (χ0n) is 12.6. The van der Waals surface area contributed by atoms with Gasteiger partial charge in [-0.05, 0) is 24.6 Å². The van der Waals surface area contributed by atoms with E-state index in [1.54, 1.807) is 0 Å². The summed E-state index contributed by atoms with van der Waals surface area (Å²) in [5, 5.41) is 0. The van der Waals surface area contributed by atoms with Gasteiger partial charge in [0.2, 0.25) is 0 Å². The Morgan fingerprint density at radius 3 is 2.36 bits per heavy atom. The maximum absolute atomic E-state index is 4.72. The fourth-order valence-corrected chi connectivity index (χ4v) is 3.05. The summed E-state index contributed by atoms with van der Waals surface area (Å²) in [4.78, 5) is 9.35. The zero-order valence-corrected chi connectivity index (χ0v) is 13.4. The van der Waals surface area contributed by atoms with E-state index in [-0.39, 0.29) is 0 Å². The summed E-state index contributed by atoms with van der Waals surface area (Å²) in [5.74, 6) is 1.87. The maximum atomic E-state index is 4.72. The van der Waals surface area contributed by atoms with E-state index in [0.29, 0.717) is 0 Å². The highest BCUT2D eigenvalue weighted by Gasteiger charge is 2.04. The highest BCUT2D eigenvalue weighted by Crippen LogP contribution is 2.17. The Labute approximate surface area is 135 Å². The number of aryl methyl sites for hydroxylation is 1. The summed E-state index contributed by atoms with van der Waals surface area (Å²) in [6.07, 6.45) is 4.36. The molecule has 22 heavy (non-hydrogen) atoms. The quantitative estimate of drug-likeness (QED) is 0.628. The van der Waals surface area contributed by atoms with Crippen molar-refractivity contribution in [3.05, 3.63) is 77.6 Å². The molecule has 0 N–H and O–H groups in total. The molecule has 0 saturated carbocycles. The Morgan fingerprint density at radius 2 is 1.59 bits per heavy atom. The van der Waals surface area contributed by atoms with Gasteiger partial charge in [0, 0.05) is 11.5 Å². The Balaban J connectivity index is 1.60. The first kappa shape index (κ1) is 14.8. The lowest BCUT2D eigenvalue weighted by atomic mass is 10.2. The number of aromatic nitrogens is 2. The van der Waals surface area contributed by atoms with Crippen LogP contribution in [0.5, 0.6) is 0 Å². The number of nitrogens with zero attached hydrogens (tertiary/aromatic N) is 2. The van der Waals surface area contributed by atoms with Crippen molar-refractivity contribution in [3.8, 4) is 0 Å². The molecule has 3 aromatic rings. The van der Waals surface area contributed by atoms with Crippen molar-refractivity contribution in [1.82, 2.24) is 9.97 Å². The fourth-order valence-electron chi connectivity index (χ4n) is 2.23. The zero-order chi connectivity index (χ0) is 15.2. The number of benzene rings is 2. The van der Waals surface area contributed by atoms with Crippen molar-refractivity contribution in [2.75, 3.05) is 5.75 Å². The van der Waals surface area contributed by atoms with Gasteiger partial charge in [-0.3, -0.25) is 0 Å². The van der Waals surface area contributed by atoms with E-state index in [2.05, 4.69) is 41.4 Å². The van der Waals surface area contributed by atoms with Crippen LogP contribution in [0.2, 0.25) is 0 Å². The van der Waals surface area contributed by atoms with Crippen molar-refractivity contribution < 1.29 is 0 Å². The minimum atomic E-state index is 0.892. The van der Waals surface area contributed by atoms with Gasteiger partial charge in [0.25, 0.3) is 0 Å². The molecule has 3 rings (SSSR count). The average molecular weight is 306 g/mol. The van der Waals surface area contributed by atoms with Crippen LogP contribution in [0.25, 0.3) is 17.1 Å². The third kappa shape index (κ3) is 3.74. The average Bonchev–Trinajstić information content (AvgIpc) is 2.56. The minimum Gasteiger partial charge on any atom is -0.250 e. The molecule has 0 radical (unpaired) electrons. The minimum absolute atomic E-state index is 0.892. The molecule has 0 unspecified atom stereocenters. The normalized spacial score (nSPS) is 11.3. The van der Waals surface area contributed by atoms with E-state index in [1.165, 1.54) is 5.56 Å². The predicted octanol–water partition coefficient (Wildman–Crippen LogP) is 4.88. The molecule has 0 aliphatic carbocycles. The molecular formula is C19H18N2S. The molecule has 0 spiro atoms. The third-order valence-electron chi connectivity index (χ3n) is 3.41. The number of para-hydroxylation sites is 2. The molecule has 2 nitrogen and oxygen atoms in total. The van der Waals surface area contributed by atoms with E-state index in [0.717, 1.165) is 33.9 Å². The van der Waals surface area contributed by atoms with Gasteiger partial charge in [0.15, 0.2) is 0 Å². The van der Waals surface area contributed by atoms with Crippen molar-refractivity contribution in [2.45, 2.75) is 12.7 Å². The van der Waals surface area contributed by atoms with Crippen LogP contribution in [0.3, 0.4) is 0 Å². The number of hydrogen-bond donors (Lipinski definition) is 0. The Kier molecular flexibility index (Phi) is 4.86. The Bertz CT molecular complexity index is 782. The number of thioether (sulfide) groups is 1. The van der Waals surface area contributed by atoms with Gasteiger partial charge in [-0.1, -0.05) is 54.6 Å². The van der Waals surface area contributed by atoms with Crippen molar-refractivity contribution in [2.24, 2.45) is 0 Å². The summed E-state index contributed by atoms with van der Waals surface area (Å²) in [7, 11) is 0. The van der Waals surface area contributed by atoms with Crippen molar-refractivity contribution >= 4 is 28.9 Å². The van der Waals surface area contributed by atoms with Crippen LogP contribution in [0, 0.1) is 6.92 Å². The highest BCUT2D eigenvalue weighted by atomic mass is 32.2. The van der Waals surface area contributed by atoms with Crippen LogP contribution in [-0.4, -0.2) is 15.7 Å². The van der Waals surface area contributed by atoms with Crippen molar-refractivity contribution in [3.63, 3.8) is 0 Å². The maximum Gasteiger partial charge on any atom is 0.0890 e. The molecule has 0 fully saturated rings. The molecule has 0 aliphatic heterocycles. The standard InChI is InChI=1S/C19H18N2S/c1-15-19(21-18-12-6-5-11-17(18)20-15)14-22-13-7-10-16-8-3-2-4-9-16/h2-12H,13-14H2,1H3/b10-7+. The smallest absolute Gasteiger partial charge is 0.0890 e. The second-order valence-corrected chi connectivity index (χ2v) is 6.10. The first-order chi connectivity index (χ1) is 10.8. The number of fused-ring (bicyclic) bond motifs is 1. The van der Waals surface area contributed by atoms with Gasteiger partial charge < -0.3 is 0 Å². The highest BCUT2D eigenvalue weighted by molar-refractivity contribution is 7.98. The summed E-state index contributed by atoms with van der Waals surface area (Å²) >= 11 is 1.86. The van der Waals surface area contributed by atoms with Gasteiger partial charge in [-0.25, -0.2) is 9.97 Å². The topological polar surface area (TPSA) is 25.8 Å². The second-order valence-electron chi connectivity index (χ2n) is 5.07. The first-order valence-corrected chi connectivity index (χ1v) is 8.50. The van der Waals surface area contributed by atoms with E-state index in [4.69, 9.17) is 4.98 Å². The van der Waals surface area contributed by atoms with E-state index < -0.39 is 0 Å². The van der Waals surface area contributed by atoms with E-state index >= 15 is 0 Å². The summed E-state index contributed by atoms with van der Waals surface area (Å²) in [6.45, 7) is 2.04. The van der Waals surface area contributed by atoms with E-state index in [1.807, 2.05) is 49.0 Å². The molecular weight excluding hydrogens is 288 g/mol. The van der Waals surface area contributed by atoms with Crippen LogP contribution in [0.1, 0.15) is 17.0 Å². The monoisotopic (exact) mass is 306 g/mol. The number of hydrogen-bond acceptors (Lipinski definition) is 3. The van der Waals surface area contributed by atoms with Crippen LogP contribution < -0.4 is 0 Å². The molecule has 1 aromatic heterocycles. The van der Waals surface area contributed by atoms with Crippen LogP contribution in [0.15, 0.2) is 60.7 Å². The summed E-state index contributed by atoms with van der Waals surface area (Å²) in [5.41, 5.74) is 5.29. The molecule has 0 amide bonds. The van der Waals surface area contributed by atoms with Gasteiger partial charge in [0.1, 0.15) is 0 Å². The van der Waals surface area contributed by atoms with E-state index in [9.17, 15) is 0 Å². The molecule has 110 valence electrons. The predicted molar refractivity (Wildman–Crippen MR) is 95.9 cm³/mol. The molecule has 0 saturated heterocycles. The third-order valence-corrected chi connectivity index (χ3v) is 4.31. The lowest BCUT2D eigenvalue weighted by Gasteiger charge is -2.05. The van der Waals surface area contributed by atoms with Crippen LogP contribution in [-0.2, 0) is 5.75 Å². The fraction of sp³-hybridized carbons (Fsp3) is 0.158.